The van der Waals surface area contributed by atoms with Crippen LogP contribution in [0.3, 0.4) is 0 Å². The highest BCUT2D eigenvalue weighted by Gasteiger charge is 2.47. The molecule has 0 aromatic heterocycles. The maximum Gasteiger partial charge on any atom is 0.229 e. The molecule has 3 aliphatic rings. The van der Waals surface area contributed by atoms with Crippen LogP contribution in [0.4, 0.5) is 0 Å². The first-order valence-corrected chi connectivity index (χ1v) is 14.1. The van der Waals surface area contributed by atoms with Crippen molar-refractivity contribution in [1.82, 2.24) is 15.1 Å². The minimum atomic E-state index is -0.196. The fourth-order valence-corrected chi connectivity index (χ4v) is 6.46. The van der Waals surface area contributed by atoms with Crippen molar-refractivity contribution in [2.45, 2.75) is 64.0 Å². The van der Waals surface area contributed by atoms with Crippen molar-refractivity contribution in [3.05, 3.63) is 65.7 Å². The molecule has 2 aliphatic heterocycles. The zero-order valence-corrected chi connectivity index (χ0v) is 23.4. The maximum absolute atomic E-state index is 13.4. The van der Waals surface area contributed by atoms with Gasteiger partial charge in [-0.25, -0.2) is 0 Å². The van der Waals surface area contributed by atoms with E-state index >= 15 is 0 Å². The fourth-order valence-electron chi connectivity index (χ4n) is 6.46. The smallest absolute Gasteiger partial charge is 0.229 e. The monoisotopic (exact) mass is 539 g/mol. The molecule has 38 heavy (non-hydrogen) atoms. The van der Waals surface area contributed by atoms with E-state index in [9.17, 15) is 9.59 Å². The second-order valence-corrected chi connectivity index (χ2v) is 11.2. The van der Waals surface area contributed by atoms with E-state index in [-0.39, 0.29) is 35.7 Å². The first-order valence-electron chi connectivity index (χ1n) is 14.1. The van der Waals surface area contributed by atoms with E-state index < -0.39 is 0 Å². The summed E-state index contributed by atoms with van der Waals surface area (Å²) in [6, 6.07) is 18.4. The van der Waals surface area contributed by atoms with Gasteiger partial charge in [0.25, 0.3) is 0 Å². The van der Waals surface area contributed by atoms with Crippen molar-refractivity contribution >= 4 is 24.2 Å². The van der Waals surface area contributed by atoms with E-state index in [1.807, 2.05) is 35.2 Å². The van der Waals surface area contributed by atoms with Crippen LogP contribution in [0, 0.1) is 11.3 Å². The third-order valence-electron chi connectivity index (χ3n) is 8.93. The lowest BCUT2D eigenvalue weighted by Crippen LogP contribution is -2.45. The van der Waals surface area contributed by atoms with Crippen LogP contribution in [0.15, 0.2) is 54.6 Å². The number of nitrogens with zero attached hydrogens (tertiary/aromatic N) is 2. The number of carbonyl (C=O) groups is 2. The molecule has 0 bridgehead atoms. The van der Waals surface area contributed by atoms with Gasteiger partial charge in [-0.2, -0.15) is 0 Å². The zero-order valence-electron chi connectivity index (χ0n) is 22.6. The SMILES string of the molecule is COc1ccc(CN2CCC3(CCN(CCC(NC(=O)C4CCCC4)c4ccccc4)CC3)C2=O)cc1.Cl. The van der Waals surface area contributed by atoms with Gasteiger partial charge in [-0.15, -0.1) is 12.4 Å². The summed E-state index contributed by atoms with van der Waals surface area (Å²) in [5.41, 5.74) is 2.14. The average molecular weight is 540 g/mol. The minimum absolute atomic E-state index is 0. The lowest BCUT2D eigenvalue weighted by Gasteiger charge is -2.38. The lowest BCUT2D eigenvalue weighted by atomic mass is 9.77. The van der Waals surface area contributed by atoms with Crippen LogP contribution in [0.1, 0.15) is 68.5 Å². The van der Waals surface area contributed by atoms with Gasteiger partial charge in [0.2, 0.25) is 11.8 Å². The van der Waals surface area contributed by atoms with Crippen LogP contribution < -0.4 is 10.1 Å². The molecule has 1 saturated carbocycles. The van der Waals surface area contributed by atoms with Gasteiger partial charge >= 0.3 is 0 Å². The van der Waals surface area contributed by atoms with Crippen LogP contribution in [-0.4, -0.2) is 54.9 Å². The maximum atomic E-state index is 13.4. The number of halogens is 1. The Morgan fingerprint density at radius 1 is 1.00 bits per heavy atom. The van der Waals surface area contributed by atoms with Gasteiger partial charge < -0.3 is 19.9 Å². The molecule has 5 rings (SSSR count). The van der Waals surface area contributed by atoms with E-state index in [2.05, 4.69) is 34.5 Å². The van der Waals surface area contributed by atoms with E-state index in [1.165, 1.54) is 18.4 Å². The molecule has 2 aromatic rings. The number of amides is 2. The van der Waals surface area contributed by atoms with Gasteiger partial charge in [0, 0.05) is 25.6 Å². The zero-order chi connectivity index (χ0) is 25.7. The molecule has 2 amide bonds. The summed E-state index contributed by atoms with van der Waals surface area (Å²) in [4.78, 5) is 30.9. The highest BCUT2D eigenvalue weighted by molar-refractivity contribution is 5.85. The normalized spacial score (nSPS) is 20.3. The lowest BCUT2D eigenvalue weighted by molar-refractivity contribution is -0.139. The topological polar surface area (TPSA) is 61.9 Å². The Hall–Kier alpha value is -2.57. The van der Waals surface area contributed by atoms with E-state index in [1.54, 1.807) is 7.11 Å². The predicted octanol–water partition coefficient (Wildman–Crippen LogP) is 5.37. The summed E-state index contributed by atoms with van der Waals surface area (Å²) in [6.45, 7) is 4.34. The highest BCUT2D eigenvalue weighted by atomic mass is 35.5. The van der Waals surface area contributed by atoms with Gasteiger partial charge in [-0.05, 0) is 74.9 Å². The molecule has 3 fully saturated rings. The van der Waals surface area contributed by atoms with Crippen molar-refractivity contribution in [3.8, 4) is 5.75 Å². The molecule has 206 valence electrons. The molecule has 1 spiro atoms. The molecule has 2 heterocycles. The van der Waals surface area contributed by atoms with Crippen molar-refractivity contribution in [3.63, 3.8) is 0 Å². The number of piperidine rings is 1. The van der Waals surface area contributed by atoms with Crippen molar-refractivity contribution in [1.29, 1.82) is 0 Å². The average Bonchev–Trinajstić information content (AvgIpc) is 3.58. The van der Waals surface area contributed by atoms with Gasteiger partial charge in [-0.3, -0.25) is 9.59 Å². The van der Waals surface area contributed by atoms with Crippen LogP contribution >= 0.6 is 12.4 Å². The minimum Gasteiger partial charge on any atom is -0.497 e. The standard InChI is InChI=1S/C31H41N3O3.ClH/c1-37-27-13-11-24(12-14-27)23-34-22-18-31(30(34)36)16-20-33(21-17-31)19-15-28(25-7-3-2-4-8-25)32-29(35)26-9-5-6-10-26;/h2-4,7-8,11-14,26,28H,5-6,9-10,15-23H2,1H3,(H,32,35);1H. The number of benzene rings is 2. The largest absolute Gasteiger partial charge is 0.497 e. The van der Waals surface area contributed by atoms with E-state index in [4.69, 9.17) is 4.74 Å². The van der Waals surface area contributed by atoms with Gasteiger partial charge in [0.1, 0.15) is 5.75 Å². The summed E-state index contributed by atoms with van der Waals surface area (Å²) in [5.74, 6) is 1.56. The second kappa shape index (κ2) is 13.0. The molecule has 1 atom stereocenters. The Morgan fingerprint density at radius 3 is 2.32 bits per heavy atom. The molecule has 1 N–H and O–H groups in total. The van der Waals surface area contributed by atoms with Crippen molar-refractivity contribution < 1.29 is 14.3 Å². The number of likely N-dealkylation sites (tertiary alicyclic amines) is 2. The van der Waals surface area contributed by atoms with Gasteiger partial charge in [0.15, 0.2) is 0 Å². The highest BCUT2D eigenvalue weighted by Crippen LogP contribution is 2.42. The van der Waals surface area contributed by atoms with Crippen LogP contribution in [0.2, 0.25) is 0 Å². The molecule has 2 aromatic carbocycles. The number of methoxy groups -OCH3 is 1. The second-order valence-electron chi connectivity index (χ2n) is 11.2. The summed E-state index contributed by atoms with van der Waals surface area (Å²) < 4.78 is 5.26. The molecule has 6 nitrogen and oxygen atoms in total. The van der Waals surface area contributed by atoms with Gasteiger partial charge in [-0.1, -0.05) is 55.3 Å². The summed E-state index contributed by atoms with van der Waals surface area (Å²) in [5, 5.41) is 3.37. The molecular weight excluding hydrogens is 498 g/mol. The van der Waals surface area contributed by atoms with E-state index in [0.717, 1.165) is 76.0 Å². The number of nitrogens with one attached hydrogen (secondary N) is 1. The Balaban J connectivity index is 0.00000336. The number of hydrogen-bond acceptors (Lipinski definition) is 4. The third kappa shape index (κ3) is 6.52. The molecule has 1 unspecified atom stereocenters. The quantitative estimate of drug-likeness (QED) is 0.465. The van der Waals surface area contributed by atoms with Crippen LogP contribution in [0.5, 0.6) is 5.75 Å². The first-order chi connectivity index (χ1) is 18.1. The van der Waals surface area contributed by atoms with E-state index in [0.29, 0.717) is 12.5 Å². The number of rotatable bonds is 9. The number of ether oxygens (including phenoxy) is 1. The van der Waals surface area contributed by atoms with Crippen LogP contribution in [0.25, 0.3) is 0 Å². The van der Waals surface area contributed by atoms with Crippen LogP contribution in [-0.2, 0) is 16.1 Å². The Kier molecular flexibility index (Phi) is 9.72. The molecule has 0 radical (unpaired) electrons. The molecule has 7 heteroatoms. The Labute approximate surface area is 233 Å². The Morgan fingerprint density at radius 2 is 1.66 bits per heavy atom. The molecule has 1 aliphatic carbocycles. The third-order valence-corrected chi connectivity index (χ3v) is 8.93. The molecular formula is C31H42ClN3O3. The molecule has 2 saturated heterocycles. The summed E-state index contributed by atoms with van der Waals surface area (Å²) >= 11 is 0. The van der Waals surface area contributed by atoms with Gasteiger partial charge in [0.05, 0.1) is 18.6 Å². The Bertz CT molecular complexity index is 1050. The van der Waals surface area contributed by atoms with Crippen molar-refractivity contribution in [2.24, 2.45) is 11.3 Å². The first kappa shape index (κ1) is 28.4. The number of hydrogen-bond donors (Lipinski definition) is 1. The summed E-state index contributed by atoms with van der Waals surface area (Å²) in [6.07, 6.45) is 8.08. The number of carbonyl (C=O) groups excluding carboxylic acids is 2. The summed E-state index contributed by atoms with van der Waals surface area (Å²) in [7, 11) is 1.67. The predicted molar refractivity (Wildman–Crippen MR) is 152 cm³/mol. The fraction of sp³-hybridized carbons (Fsp3) is 0.548. The van der Waals surface area contributed by atoms with Crippen molar-refractivity contribution in [2.75, 3.05) is 33.3 Å².